The number of ether oxygens (including phenoxy) is 1. The van der Waals surface area contributed by atoms with E-state index in [0.29, 0.717) is 10.4 Å². The van der Waals surface area contributed by atoms with E-state index in [0.717, 1.165) is 30.0 Å². The van der Waals surface area contributed by atoms with Crippen LogP contribution in [0.4, 0.5) is 30.7 Å². The zero-order chi connectivity index (χ0) is 26.3. The number of rotatable bonds is 8. The Morgan fingerprint density at radius 2 is 1.71 bits per heavy atom. The highest BCUT2D eigenvalue weighted by molar-refractivity contribution is 7.10. The first-order chi connectivity index (χ1) is 16.1. The van der Waals surface area contributed by atoms with Gasteiger partial charge in [-0.05, 0) is 77.3 Å². The van der Waals surface area contributed by atoms with Gasteiger partial charge in [-0.2, -0.15) is 30.7 Å². The van der Waals surface area contributed by atoms with E-state index in [2.05, 4.69) is 4.98 Å². The summed E-state index contributed by atoms with van der Waals surface area (Å²) in [6.07, 6.45) is -10.8. The lowest BCUT2D eigenvalue weighted by Gasteiger charge is -2.50. The molecule has 2 aromatic heterocycles. The number of aromatic nitrogens is 1. The summed E-state index contributed by atoms with van der Waals surface area (Å²) in [7, 11) is 0. The summed E-state index contributed by atoms with van der Waals surface area (Å²) < 4.78 is 106. The second-order valence-electron chi connectivity index (χ2n) is 9.51. The van der Waals surface area contributed by atoms with Crippen molar-refractivity contribution in [3.8, 4) is 0 Å². The molecule has 0 spiro atoms. The minimum atomic E-state index is -5.71. The van der Waals surface area contributed by atoms with Crippen molar-refractivity contribution in [2.75, 3.05) is 19.7 Å². The average Bonchev–Trinajstić information content (AvgIpc) is 3.36. The van der Waals surface area contributed by atoms with Crippen molar-refractivity contribution < 1.29 is 35.5 Å². The van der Waals surface area contributed by atoms with Crippen molar-refractivity contribution in [2.45, 2.75) is 70.4 Å². The molecular weight excluding hydrogens is 497 g/mol. The number of thiophene rings is 1. The third-order valence-corrected chi connectivity index (χ3v) is 8.08. The second kappa shape index (κ2) is 9.63. The van der Waals surface area contributed by atoms with Gasteiger partial charge in [0.25, 0.3) is 5.60 Å². The molecule has 11 heteroatoms. The lowest BCUT2D eigenvalue weighted by molar-refractivity contribution is -0.415. The maximum atomic E-state index is 14.5. The summed E-state index contributed by atoms with van der Waals surface area (Å²) in [5, 5.41) is -0.544. The zero-order valence-corrected chi connectivity index (χ0v) is 20.8. The largest absolute Gasteiger partial charge is 0.427 e. The van der Waals surface area contributed by atoms with Crippen LogP contribution in [0.2, 0.25) is 0 Å². The van der Waals surface area contributed by atoms with Gasteiger partial charge in [0.15, 0.2) is 5.13 Å². The minimum Gasteiger partial charge on any atom is -0.358 e. The molecule has 0 aromatic carbocycles. The molecule has 1 saturated heterocycles. The number of halogens is 7. The smallest absolute Gasteiger partial charge is 0.358 e. The lowest BCUT2D eigenvalue weighted by atomic mass is 9.66. The highest BCUT2D eigenvalue weighted by atomic mass is 32.1. The Hall–Kier alpha value is -1.72. The van der Waals surface area contributed by atoms with Crippen LogP contribution in [0.3, 0.4) is 0 Å². The third-order valence-electron chi connectivity index (χ3n) is 7.15. The third kappa shape index (κ3) is 4.96. The van der Waals surface area contributed by atoms with E-state index in [-0.39, 0.29) is 19.4 Å². The summed E-state index contributed by atoms with van der Waals surface area (Å²) in [6.45, 7) is 5.17. The van der Waals surface area contributed by atoms with E-state index in [1.54, 1.807) is 44.0 Å². The number of aryl methyl sites for hydroxylation is 2. The van der Waals surface area contributed by atoms with Crippen molar-refractivity contribution in [1.82, 2.24) is 9.88 Å². The zero-order valence-electron chi connectivity index (χ0n) is 20.0. The standard InChI is InChI=1S/C24H29F7N2OS/c1-5-34-22(23(26,27)28,24(29,30)31)21(11-10-18-8-9-19(25)35-18)12-13-33(15-21)20(3,4)17-7-6-16(2)32-14-17/h6-9,14H,5,10-13,15H2,1-4H3. The monoisotopic (exact) mass is 526 g/mol. The first-order valence-electron chi connectivity index (χ1n) is 11.3. The SMILES string of the molecule is CCOC(C(F)(F)F)(C(F)(F)F)C1(CCc2ccc(F)s2)CCN(C(C)(C)c2ccc(C)nc2)C1. The predicted octanol–water partition coefficient (Wildman–Crippen LogP) is 7.05. The molecule has 3 rings (SSSR count). The molecule has 0 amide bonds. The van der Waals surface area contributed by atoms with Crippen molar-refractivity contribution in [3.05, 3.63) is 51.7 Å². The first-order valence-corrected chi connectivity index (χ1v) is 12.1. The van der Waals surface area contributed by atoms with Crippen molar-refractivity contribution in [2.24, 2.45) is 5.41 Å². The highest BCUT2D eigenvalue weighted by Gasteiger charge is 2.81. The van der Waals surface area contributed by atoms with Gasteiger partial charge in [0.05, 0.1) is 0 Å². The fraction of sp³-hybridized carbons (Fsp3) is 0.625. The van der Waals surface area contributed by atoms with Gasteiger partial charge in [0.1, 0.15) is 0 Å². The molecule has 196 valence electrons. The van der Waals surface area contributed by atoms with E-state index in [9.17, 15) is 30.7 Å². The Morgan fingerprint density at radius 3 is 2.20 bits per heavy atom. The topological polar surface area (TPSA) is 25.4 Å². The van der Waals surface area contributed by atoms with E-state index in [1.165, 1.54) is 6.07 Å². The second-order valence-corrected chi connectivity index (χ2v) is 10.6. The maximum absolute atomic E-state index is 14.5. The number of likely N-dealkylation sites (tertiary alicyclic amines) is 1. The van der Waals surface area contributed by atoms with E-state index in [1.807, 2.05) is 0 Å². The number of pyridine rings is 1. The number of nitrogens with zero attached hydrogens (tertiary/aromatic N) is 2. The van der Waals surface area contributed by atoms with Gasteiger partial charge in [0, 0.05) is 40.9 Å². The van der Waals surface area contributed by atoms with Crippen LogP contribution in [-0.2, 0) is 16.7 Å². The molecule has 1 aliphatic rings. The quantitative estimate of drug-likeness (QED) is 0.345. The van der Waals surface area contributed by atoms with Crippen LogP contribution in [0.1, 0.15) is 49.7 Å². The van der Waals surface area contributed by atoms with E-state index < -0.39 is 53.6 Å². The summed E-state index contributed by atoms with van der Waals surface area (Å²) in [5.74, 6) is 0. The van der Waals surface area contributed by atoms with Gasteiger partial charge >= 0.3 is 12.4 Å². The van der Waals surface area contributed by atoms with Gasteiger partial charge in [-0.25, -0.2) is 0 Å². The number of hydrogen-bond donors (Lipinski definition) is 0. The molecule has 1 atom stereocenters. The highest BCUT2D eigenvalue weighted by Crippen LogP contribution is 2.61. The maximum Gasteiger partial charge on any atom is 0.427 e. The average molecular weight is 527 g/mol. The van der Waals surface area contributed by atoms with E-state index >= 15 is 0 Å². The Morgan fingerprint density at radius 1 is 1.06 bits per heavy atom. The molecule has 3 nitrogen and oxygen atoms in total. The lowest BCUT2D eigenvalue weighted by Crippen LogP contribution is -2.69. The molecule has 0 saturated carbocycles. The fourth-order valence-corrected chi connectivity index (χ4v) is 5.90. The normalized spacial score (nSPS) is 20.5. The molecule has 3 heterocycles. The Balaban J connectivity index is 2.10. The Kier molecular flexibility index (Phi) is 7.66. The molecule has 0 bridgehead atoms. The van der Waals surface area contributed by atoms with Crippen LogP contribution < -0.4 is 0 Å². The summed E-state index contributed by atoms with van der Waals surface area (Å²) >= 11 is 0.721. The predicted molar refractivity (Wildman–Crippen MR) is 120 cm³/mol. The molecular formula is C24H29F7N2OS. The van der Waals surface area contributed by atoms with E-state index in [4.69, 9.17) is 4.74 Å². The van der Waals surface area contributed by atoms with Crippen LogP contribution in [-0.4, -0.2) is 47.5 Å². The number of hydrogen-bond acceptors (Lipinski definition) is 4. The molecule has 2 aromatic rings. The van der Waals surface area contributed by atoms with Gasteiger partial charge in [-0.3, -0.25) is 9.88 Å². The van der Waals surface area contributed by atoms with Gasteiger partial charge in [0.2, 0.25) is 0 Å². The van der Waals surface area contributed by atoms with Crippen molar-refractivity contribution >= 4 is 11.3 Å². The van der Waals surface area contributed by atoms with Crippen LogP contribution in [0.5, 0.6) is 0 Å². The van der Waals surface area contributed by atoms with Crippen LogP contribution >= 0.6 is 11.3 Å². The molecule has 1 aliphatic heterocycles. The molecule has 0 N–H and O–H groups in total. The first kappa shape index (κ1) is 27.9. The van der Waals surface area contributed by atoms with Crippen molar-refractivity contribution in [3.63, 3.8) is 0 Å². The van der Waals surface area contributed by atoms with Crippen LogP contribution in [0, 0.1) is 17.5 Å². The minimum absolute atomic E-state index is 0.000657. The summed E-state index contributed by atoms with van der Waals surface area (Å²) in [4.78, 5) is 6.27. The van der Waals surface area contributed by atoms with Gasteiger partial charge in [-0.1, -0.05) is 6.07 Å². The Labute approximate surface area is 204 Å². The molecule has 1 unspecified atom stereocenters. The molecule has 35 heavy (non-hydrogen) atoms. The van der Waals surface area contributed by atoms with Gasteiger partial charge in [-0.15, -0.1) is 11.3 Å². The molecule has 1 fully saturated rings. The summed E-state index contributed by atoms with van der Waals surface area (Å²) in [5.41, 5.74) is -6.16. The number of alkyl halides is 6. The molecule has 0 aliphatic carbocycles. The molecule has 0 radical (unpaired) electrons. The van der Waals surface area contributed by atoms with Crippen molar-refractivity contribution in [1.29, 1.82) is 0 Å². The summed E-state index contributed by atoms with van der Waals surface area (Å²) in [6, 6.07) is 6.08. The van der Waals surface area contributed by atoms with Crippen LogP contribution in [0.15, 0.2) is 30.5 Å². The van der Waals surface area contributed by atoms with Gasteiger partial charge < -0.3 is 4.74 Å². The Bertz CT molecular complexity index is 987. The fourth-order valence-electron chi connectivity index (χ4n) is 5.17. The van der Waals surface area contributed by atoms with Crippen LogP contribution in [0.25, 0.3) is 0 Å².